The van der Waals surface area contributed by atoms with E-state index in [4.69, 9.17) is 14.7 Å². The van der Waals surface area contributed by atoms with Crippen LogP contribution in [0.4, 0.5) is 20.5 Å². The molecule has 2 aliphatic heterocycles. The van der Waals surface area contributed by atoms with Crippen LogP contribution in [0.5, 0.6) is 0 Å². The van der Waals surface area contributed by atoms with Crippen LogP contribution in [0.3, 0.4) is 0 Å². The molecular weight excluding hydrogens is 502 g/mol. The number of alkyl halides is 2. The van der Waals surface area contributed by atoms with Gasteiger partial charge in [0.25, 0.3) is 6.43 Å². The molecule has 210 valence electrons. The van der Waals surface area contributed by atoms with Gasteiger partial charge in [0.15, 0.2) is 5.82 Å². The highest BCUT2D eigenvalue weighted by atomic mass is 19.3. The molecule has 1 aromatic carbocycles. The molecular formula is C28H38F2N8O. The van der Waals surface area contributed by atoms with Crippen LogP contribution in [0.25, 0.3) is 16.9 Å². The van der Waals surface area contributed by atoms with Crippen molar-refractivity contribution >= 4 is 22.8 Å². The second-order valence-electron chi connectivity index (χ2n) is 11.0. The number of imidazole rings is 1. The summed E-state index contributed by atoms with van der Waals surface area (Å²) in [6.45, 7) is 8.01. The Bertz CT molecular complexity index is 1250. The lowest BCUT2D eigenvalue weighted by Gasteiger charge is -2.41. The first-order chi connectivity index (χ1) is 19.0. The molecule has 3 aliphatic rings. The highest BCUT2D eigenvalue weighted by molar-refractivity contribution is 5.78. The molecule has 1 aliphatic carbocycles. The molecule has 11 heteroatoms. The second-order valence-corrected chi connectivity index (χ2v) is 11.0. The third-order valence-electron chi connectivity index (χ3n) is 8.46. The summed E-state index contributed by atoms with van der Waals surface area (Å²) in [6, 6.07) is 9.66. The number of fused-ring (bicyclic) bond motifs is 1. The average molecular weight is 541 g/mol. The van der Waals surface area contributed by atoms with Gasteiger partial charge < -0.3 is 19.9 Å². The molecule has 3 aromatic rings. The number of benzene rings is 1. The minimum absolute atomic E-state index is 0.309. The number of rotatable bonds is 7. The summed E-state index contributed by atoms with van der Waals surface area (Å²) in [5, 5.41) is 3.47. The van der Waals surface area contributed by atoms with Crippen molar-refractivity contribution in [3.05, 3.63) is 36.2 Å². The van der Waals surface area contributed by atoms with Crippen molar-refractivity contribution in [2.75, 3.05) is 76.3 Å². The third-order valence-corrected chi connectivity index (χ3v) is 8.46. The number of anilines is 2. The zero-order valence-corrected chi connectivity index (χ0v) is 22.6. The van der Waals surface area contributed by atoms with E-state index in [9.17, 15) is 8.78 Å². The van der Waals surface area contributed by atoms with Crippen LogP contribution < -0.4 is 10.2 Å². The van der Waals surface area contributed by atoms with Gasteiger partial charge in [0.05, 0.1) is 24.2 Å². The van der Waals surface area contributed by atoms with E-state index in [0.717, 1.165) is 19.6 Å². The van der Waals surface area contributed by atoms with E-state index in [2.05, 4.69) is 32.0 Å². The molecule has 0 unspecified atom stereocenters. The predicted octanol–water partition coefficient (Wildman–Crippen LogP) is 3.81. The molecule has 1 N–H and O–H groups in total. The topological polar surface area (TPSA) is 74.6 Å². The van der Waals surface area contributed by atoms with Gasteiger partial charge in [0.1, 0.15) is 11.6 Å². The number of para-hydroxylation sites is 2. The number of halogens is 2. The number of ether oxygens (including phenoxy) is 1. The maximum absolute atomic E-state index is 14.1. The number of aromatic nitrogens is 4. The summed E-state index contributed by atoms with van der Waals surface area (Å²) in [6.07, 6.45) is 2.04. The van der Waals surface area contributed by atoms with Crippen LogP contribution in [0.1, 0.15) is 37.9 Å². The van der Waals surface area contributed by atoms with E-state index in [-0.39, 0.29) is 5.82 Å². The lowest BCUT2D eigenvalue weighted by atomic mass is 9.85. The number of nitrogens with one attached hydrogen (secondary N) is 1. The summed E-state index contributed by atoms with van der Waals surface area (Å²) in [5.41, 5.74) is 1.12. The van der Waals surface area contributed by atoms with Gasteiger partial charge in [0.2, 0.25) is 5.95 Å². The van der Waals surface area contributed by atoms with Gasteiger partial charge in [-0.15, -0.1) is 0 Å². The average Bonchev–Trinajstić information content (AvgIpc) is 3.37. The molecule has 0 atom stereocenters. The molecule has 3 fully saturated rings. The molecule has 2 aromatic heterocycles. The molecule has 0 radical (unpaired) electrons. The Kier molecular flexibility index (Phi) is 7.90. The molecule has 4 heterocycles. The molecule has 0 bridgehead atoms. The number of nitrogens with zero attached hydrogens (tertiary/aromatic N) is 7. The van der Waals surface area contributed by atoms with Gasteiger partial charge in [0, 0.05) is 57.9 Å². The first-order valence-corrected chi connectivity index (χ1v) is 14.2. The Hall–Kier alpha value is -2.89. The molecule has 9 nitrogen and oxygen atoms in total. The molecule has 6 rings (SSSR count). The van der Waals surface area contributed by atoms with E-state index >= 15 is 0 Å². The van der Waals surface area contributed by atoms with E-state index in [1.807, 2.05) is 6.07 Å². The SMILES string of the molecule is CN1CCN(C2CCC(CNc3nc(N4CCOCC4)cc(-n4c(C(F)F)nc5ccccc54)n3)CC2)CC1. The lowest BCUT2D eigenvalue weighted by Crippen LogP contribution is -2.50. The van der Waals surface area contributed by atoms with E-state index < -0.39 is 6.43 Å². The highest BCUT2D eigenvalue weighted by Gasteiger charge is 2.28. The van der Waals surface area contributed by atoms with Gasteiger partial charge >= 0.3 is 0 Å². The summed E-state index contributed by atoms with van der Waals surface area (Å²) < 4.78 is 35.2. The van der Waals surface area contributed by atoms with Gasteiger partial charge in [-0.05, 0) is 50.8 Å². The Balaban J connectivity index is 1.21. The van der Waals surface area contributed by atoms with Crippen molar-refractivity contribution in [2.24, 2.45) is 5.92 Å². The van der Waals surface area contributed by atoms with Gasteiger partial charge in [-0.2, -0.15) is 9.97 Å². The first kappa shape index (κ1) is 26.3. The van der Waals surface area contributed by atoms with Crippen molar-refractivity contribution < 1.29 is 13.5 Å². The maximum Gasteiger partial charge on any atom is 0.296 e. The fourth-order valence-corrected chi connectivity index (χ4v) is 6.14. The smallest absolute Gasteiger partial charge is 0.296 e. The molecule has 0 amide bonds. The molecule has 39 heavy (non-hydrogen) atoms. The number of morpholine rings is 1. The predicted molar refractivity (Wildman–Crippen MR) is 148 cm³/mol. The fourth-order valence-electron chi connectivity index (χ4n) is 6.14. The van der Waals surface area contributed by atoms with Crippen molar-refractivity contribution in [3.8, 4) is 5.82 Å². The molecule has 0 spiro atoms. The molecule has 1 saturated carbocycles. The molecule has 2 saturated heterocycles. The number of piperazine rings is 1. The monoisotopic (exact) mass is 540 g/mol. The van der Waals surface area contributed by atoms with Crippen molar-refractivity contribution in [1.82, 2.24) is 29.3 Å². The minimum Gasteiger partial charge on any atom is -0.378 e. The third kappa shape index (κ3) is 5.85. The Morgan fingerprint density at radius 1 is 0.923 bits per heavy atom. The Labute approximate surface area is 228 Å². The second kappa shape index (κ2) is 11.7. The fraction of sp³-hybridized carbons (Fsp3) is 0.607. The van der Waals surface area contributed by atoms with Crippen LogP contribution in [-0.4, -0.2) is 101 Å². The first-order valence-electron chi connectivity index (χ1n) is 14.2. The lowest BCUT2D eigenvalue weighted by molar-refractivity contribution is 0.0825. The normalized spacial score (nSPS) is 23.5. The summed E-state index contributed by atoms with van der Waals surface area (Å²) in [5.74, 6) is 1.81. The Morgan fingerprint density at radius 2 is 1.64 bits per heavy atom. The largest absolute Gasteiger partial charge is 0.378 e. The maximum atomic E-state index is 14.1. The summed E-state index contributed by atoms with van der Waals surface area (Å²) in [7, 11) is 2.20. The quantitative estimate of drug-likeness (QED) is 0.485. The van der Waals surface area contributed by atoms with Crippen molar-refractivity contribution in [3.63, 3.8) is 0 Å². The number of likely N-dealkylation sites (N-methyl/N-ethyl adjacent to an activating group) is 1. The minimum atomic E-state index is -2.73. The zero-order chi connectivity index (χ0) is 26.8. The van der Waals surface area contributed by atoms with Crippen LogP contribution in [0, 0.1) is 5.92 Å². The van der Waals surface area contributed by atoms with E-state index in [1.54, 1.807) is 24.3 Å². The van der Waals surface area contributed by atoms with Crippen LogP contribution in [0.15, 0.2) is 30.3 Å². The van der Waals surface area contributed by atoms with Crippen LogP contribution in [-0.2, 0) is 4.74 Å². The number of hydrogen-bond donors (Lipinski definition) is 1. The zero-order valence-electron chi connectivity index (χ0n) is 22.6. The summed E-state index contributed by atoms with van der Waals surface area (Å²) >= 11 is 0. The van der Waals surface area contributed by atoms with Crippen LogP contribution in [0.2, 0.25) is 0 Å². The van der Waals surface area contributed by atoms with E-state index in [0.29, 0.717) is 66.9 Å². The van der Waals surface area contributed by atoms with Gasteiger partial charge in [-0.3, -0.25) is 9.47 Å². The van der Waals surface area contributed by atoms with Crippen molar-refractivity contribution in [1.29, 1.82) is 0 Å². The van der Waals surface area contributed by atoms with Crippen LogP contribution >= 0.6 is 0 Å². The summed E-state index contributed by atoms with van der Waals surface area (Å²) in [4.78, 5) is 21.0. The van der Waals surface area contributed by atoms with Gasteiger partial charge in [-0.25, -0.2) is 13.8 Å². The Morgan fingerprint density at radius 3 is 2.38 bits per heavy atom. The highest BCUT2D eigenvalue weighted by Crippen LogP contribution is 2.31. The van der Waals surface area contributed by atoms with Gasteiger partial charge in [-0.1, -0.05) is 12.1 Å². The van der Waals surface area contributed by atoms with E-state index in [1.165, 1.54) is 43.3 Å². The van der Waals surface area contributed by atoms with Crippen molar-refractivity contribution in [2.45, 2.75) is 38.2 Å². The number of hydrogen-bond acceptors (Lipinski definition) is 8. The standard InChI is InChI=1S/C28H38F2N8O/c1-35-10-12-36(13-11-35)21-8-6-20(7-9-21)19-31-28-33-24(37-14-16-39-17-15-37)18-25(34-28)38-23-5-3-2-4-22(23)32-27(38)26(29)30/h2-5,18,20-21,26H,6-17,19H2,1H3,(H,31,33,34).